The van der Waals surface area contributed by atoms with E-state index in [1.54, 1.807) is 4.52 Å². The molecule has 2 aromatic heterocycles. The van der Waals surface area contributed by atoms with Crippen LogP contribution in [0.2, 0.25) is 0 Å². The van der Waals surface area contributed by atoms with Crippen LogP contribution < -0.4 is 4.90 Å². The molecule has 0 aromatic carbocycles. The third-order valence-corrected chi connectivity index (χ3v) is 2.84. The van der Waals surface area contributed by atoms with Gasteiger partial charge in [-0.3, -0.25) is 4.79 Å². The van der Waals surface area contributed by atoms with Gasteiger partial charge in [0.25, 0.3) is 5.78 Å². The van der Waals surface area contributed by atoms with E-state index in [1.807, 2.05) is 18.0 Å². The third kappa shape index (κ3) is 2.98. The highest BCUT2D eigenvalue weighted by Crippen LogP contribution is 2.16. The van der Waals surface area contributed by atoms with E-state index in [2.05, 4.69) is 22.0 Å². The Morgan fingerprint density at radius 1 is 1.53 bits per heavy atom. The van der Waals surface area contributed by atoms with E-state index in [4.69, 9.17) is 5.11 Å². The molecule has 0 unspecified atom stereocenters. The van der Waals surface area contributed by atoms with E-state index in [-0.39, 0.29) is 6.42 Å². The fourth-order valence-electron chi connectivity index (χ4n) is 1.88. The Bertz CT molecular complexity index is 581. The summed E-state index contributed by atoms with van der Waals surface area (Å²) in [5, 5.41) is 12.9. The lowest BCUT2D eigenvalue weighted by Gasteiger charge is -2.19. The number of carboxylic acid groups (broad SMARTS) is 1. The largest absolute Gasteiger partial charge is 0.481 e. The number of carboxylic acids is 1. The molecule has 0 saturated carbocycles. The second kappa shape index (κ2) is 5.64. The summed E-state index contributed by atoms with van der Waals surface area (Å²) in [6, 6.07) is 1.94. The van der Waals surface area contributed by atoms with Gasteiger partial charge in [0.1, 0.15) is 12.1 Å². The maximum atomic E-state index is 10.6. The van der Waals surface area contributed by atoms with Crippen LogP contribution in [0.3, 0.4) is 0 Å². The van der Waals surface area contributed by atoms with E-state index in [1.165, 1.54) is 6.33 Å². The molecule has 0 atom stereocenters. The molecule has 0 spiro atoms. The zero-order valence-electron chi connectivity index (χ0n) is 11.1. The molecular weight excluding hydrogens is 246 g/mol. The summed E-state index contributed by atoms with van der Waals surface area (Å²) in [7, 11) is 1.84. The van der Waals surface area contributed by atoms with Gasteiger partial charge in [0.15, 0.2) is 0 Å². The van der Waals surface area contributed by atoms with E-state index >= 15 is 0 Å². The van der Waals surface area contributed by atoms with Gasteiger partial charge in [-0.15, -0.1) is 0 Å². The highest BCUT2D eigenvalue weighted by molar-refractivity contribution is 5.67. The summed E-state index contributed by atoms with van der Waals surface area (Å²) < 4.78 is 1.63. The number of nitrogens with zero attached hydrogens (tertiary/aromatic N) is 5. The fourth-order valence-corrected chi connectivity index (χ4v) is 1.88. The van der Waals surface area contributed by atoms with Crippen molar-refractivity contribution < 1.29 is 9.90 Å². The van der Waals surface area contributed by atoms with Gasteiger partial charge in [-0.1, -0.05) is 13.3 Å². The number of hydrogen-bond donors (Lipinski definition) is 1. The minimum absolute atomic E-state index is 0.0815. The van der Waals surface area contributed by atoms with Crippen molar-refractivity contribution in [2.45, 2.75) is 26.2 Å². The Morgan fingerprint density at radius 3 is 3.00 bits per heavy atom. The number of rotatable bonds is 6. The molecule has 7 heteroatoms. The van der Waals surface area contributed by atoms with Crippen molar-refractivity contribution in [2.24, 2.45) is 0 Å². The number of hydrogen-bond acceptors (Lipinski definition) is 5. The predicted molar refractivity (Wildman–Crippen MR) is 70.3 cm³/mol. The predicted octanol–water partition coefficient (Wildman–Crippen LogP) is 0.988. The number of anilines is 1. The standard InChI is InChI=1S/C12H17N5O2/c1-3-4-9-7-10(16(2)6-5-11(18)19)17-12(15-9)13-8-14-17/h7-8H,3-6H2,1-2H3,(H,18,19). The van der Waals surface area contributed by atoms with E-state index in [0.29, 0.717) is 12.3 Å². The van der Waals surface area contributed by atoms with Crippen LogP contribution in [0.5, 0.6) is 0 Å². The van der Waals surface area contributed by atoms with Crippen molar-refractivity contribution in [2.75, 3.05) is 18.5 Å². The molecule has 0 aliphatic carbocycles. The first-order valence-corrected chi connectivity index (χ1v) is 6.24. The summed E-state index contributed by atoms with van der Waals surface area (Å²) in [6.45, 7) is 2.50. The molecule has 0 aliphatic rings. The molecule has 2 rings (SSSR count). The van der Waals surface area contributed by atoms with Gasteiger partial charge >= 0.3 is 5.97 Å². The molecule has 0 fully saturated rings. The first-order chi connectivity index (χ1) is 9.11. The van der Waals surface area contributed by atoms with Gasteiger partial charge in [-0.2, -0.15) is 14.6 Å². The summed E-state index contributed by atoms with van der Waals surface area (Å²) in [4.78, 5) is 21.0. The summed E-state index contributed by atoms with van der Waals surface area (Å²) in [5.41, 5.74) is 0.945. The number of aromatic nitrogens is 4. The second-order valence-electron chi connectivity index (χ2n) is 4.39. The van der Waals surface area contributed by atoms with Crippen molar-refractivity contribution in [1.82, 2.24) is 19.6 Å². The van der Waals surface area contributed by atoms with Crippen LogP contribution in [0, 0.1) is 0 Å². The monoisotopic (exact) mass is 263 g/mol. The molecule has 102 valence electrons. The normalized spacial score (nSPS) is 10.8. The molecule has 1 N–H and O–H groups in total. The van der Waals surface area contributed by atoms with Crippen LogP contribution >= 0.6 is 0 Å². The lowest BCUT2D eigenvalue weighted by atomic mass is 10.2. The first kappa shape index (κ1) is 13.3. The van der Waals surface area contributed by atoms with Gasteiger partial charge in [-0.05, 0) is 6.42 Å². The summed E-state index contributed by atoms with van der Waals surface area (Å²) >= 11 is 0. The minimum atomic E-state index is -0.815. The lowest BCUT2D eigenvalue weighted by molar-refractivity contribution is -0.136. The molecule has 2 heterocycles. The Kier molecular flexibility index (Phi) is 3.94. The van der Waals surface area contributed by atoms with Crippen LogP contribution in [0.15, 0.2) is 12.4 Å². The number of aryl methyl sites for hydroxylation is 1. The third-order valence-electron chi connectivity index (χ3n) is 2.84. The maximum absolute atomic E-state index is 10.6. The van der Waals surface area contributed by atoms with E-state index < -0.39 is 5.97 Å². The number of carbonyl (C=O) groups is 1. The quantitative estimate of drug-likeness (QED) is 0.836. The molecule has 0 radical (unpaired) electrons. The SMILES string of the molecule is CCCc1cc(N(C)CCC(=O)O)n2ncnc2n1. The number of fused-ring (bicyclic) bond motifs is 1. The zero-order valence-corrected chi connectivity index (χ0v) is 11.1. The summed E-state index contributed by atoms with van der Waals surface area (Å²) in [5.74, 6) is 0.542. The Morgan fingerprint density at radius 2 is 2.32 bits per heavy atom. The molecule has 0 amide bonds. The van der Waals surface area contributed by atoms with E-state index in [9.17, 15) is 4.79 Å². The average Bonchev–Trinajstić information content (AvgIpc) is 2.83. The molecule has 0 bridgehead atoms. The topological polar surface area (TPSA) is 83.6 Å². The number of aliphatic carboxylic acids is 1. The Balaban J connectivity index is 2.33. The fraction of sp³-hybridized carbons (Fsp3) is 0.500. The summed E-state index contributed by atoms with van der Waals surface area (Å²) in [6.07, 6.45) is 3.39. The molecule has 7 nitrogen and oxygen atoms in total. The van der Waals surface area contributed by atoms with Crippen LogP contribution in [-0.2, 0) is 11.2 Å². The molecular formula is C12H17N5O2. The van der Waals surface area contributed by atoms with Gasteiger partial charge in [-0.25, -0.2) is 4.98 Å². The zero-order chi connectivity index (χ0) is 13.8. The van der Waals surface area contributed by atoms with Crippen LogP contribution in [0.4, 0.5) is 5.82 Å². The van der Waals surface area contributed by atoms with Crippen molar-refractivity contribution in [3.8, 4) is 0 Å². The van der Waals surface area contributed by atoms with Crippen molar-refractivity contribution >= 4 is 17.6 Å². The molecule has 0 saturated heterocycles. The van der Waals surface area contributed by atoms with Crippen LogP contribution in [-0.4, -0.2) is 44.3 Å². The van der Waals surface area contributed by atoms with Gasteiger partial charge in [0.2, 0.25) is 0 Å². The van der Waals surface area contributed by atoms with Crippen molar-refractivity contribution in [3.05, 3.63) is 18.1 Å². The van der Waals surface area contributed by atoms with Crippen molar-refractivity contribution in [1.29, 1.82) is 0 Å². The highest BCUT2D eigenvalue weighted by atomic mass is 16.4. The average molecular weight is 263 g/mol. The van der Waals surface area contributed by atoms with E-state index in [0.717, 1.165) is 24.4 Å². The Labute approximate surface area is 110 Å². The highest BCUT2D eigenvalue weighted by Gasteiger charge is 2.12. The van der Waals surface area contributed by atoms with Crippen molar-refractivity contribution in [3.63, 3.8) is 0 Å². The minimum Gasteiger partial charge on any atom is -0.481 e. The molecule has 19 heavy (non-hydrogen) atoms. The smallest absolute Gasteiger partial charge is 0.305 e. The lowest BCUT2D eigenvalue weighted by Crippen LogP contribution is -2.24. The Hall–Kier alpha value is -2.18. The molecule has 0 aliphatic heterocycles. The van der Waals surface area contributed by atoms with Crippen LogP contribution in [0.1, 0.15) is 25.5 Å². The van der Waals surface area contributed by atoms with Crippen LogP contribution in [0.25, 0.3) is 5.78 Å². The van der Waals surface area contributed by atoms with Gasteiger partial charge in [0, 0.05) is 25.4 Å². The van der Waals surface area contributed by atoms with Gasteiger partial charge in [0.05, 0.1) is 6.42 Å². The maximum Gasteiger partial charge on any atom is 0.305 e. The first-order valence-electron chi connectivity index (χ1n) is 6.24. The molecule has 2 aromatic rings. The van der Waals surface area contributed by atoms with Gasteiger partial charge < -0.3 is 10.0 Å². The second-order valence-corrected chi connectivity index (χ2v) is 4.39.